The smallest absolute Gasteiger partial charge is 0.407 e. The molecule has 4 nitrogen and oxygen atoms in total. The van der Waals surface area contributed by atoms with Crippen LogP contribution in [-0.4, -0.2) is 25.0 Å². The molecule has 0 atom stereocenters. The molecule has 0 saturated carbocycles. The Morgan fingerprint density at radius 2 is 1.67 bits per heavy atom. The standard InChI is InChI=1S/C29H27NO3/c31-28-14-7-9-21-16-15-20(18-26(21)28)8-5-6-17-30-29(32)33-19-27-24-12-3-1-10-22(24)23-11-2-4-13-25(23)27/h1-5,8,10-13,15-16,18,27H,6-7,9,14,17,19H2,(H,30,32). The molecular formula is C29H27NO3. The normalized spacial score (nSPS) is 14.6. The molecule has 0 heterocycles. The number of fused-ring (bicyclic) bond motifs is 4. The Kier molecular flexibility index (Phi) is 6.07. The molecule has 0 spiro atoms. The minimum Gasteiger partial charge on any atom is -0.449 e. The predicted octanol–water partition coefficient (Wildman–Crippen LogP) is 6.15. The molecule has 1 amide bonds. The fraction of sp³-hybridized carbons (Fsp3) is 0.241. The molecule has 1 N–H and O–H groups in total. The van der Waals surface area contributed by atoms with Crippen molar-refractivity contribution in [3.05, 3.63) is 101 Å². The maximum Gasteiger partial charge on any atom is 0.407 e. The first-order valence-electron chi connectivity index (χ1n) is 11.6. The summed E-state index contributed by atoms with van der Waals surface area (Å²) in [5.74, 6) is 0.304. The summed E-state index contributed by atoms with van der Waals surface area (Å²) < 4.78 is 5.57. The van der Waals surface area contributed by atoms with E-state index < -0.39 is 6.09 Å². The SMILES string of the molecule is O=C(NCCC=Cc1ccc2c(c1)C(=O)CCC2)OCC1c2ccccc2-c2ccccc21. The molecule has 0 saturated heterocycles. The van der Waals surface area contributed by atoms with E-state index in [1.807, 2.05) is 48.6 Å². The van der Waals surface area contributed by atoms with Crippen molar-refractivity contribution in [2.45, 2.75) is 31.6 Å². The Hall–Kier alpha value is -3.66. The Morgan fingerprint density at radius 3 is 2.42 bits per heavy atom. The highest BCUT2D eigenvalue weighted by atomic mass is 16.5. The van der Waals surface area contributed by atoms with Crippen LogP contribution in [0.2, 0.25) is 0 Å². The average molecular weight is 438 g/mol. The number of ketones is 1. The van der Waals surface area contributed by atoms with Gasteiger partial charge in [0.1, 0.15) is 6.61 Å². The van der Waals surface area contributed by atoms with E-state index in [9.17, 15) is 9.59 Å². The van der Waals surface area contributed by atoms with E-state index in [2.05, 4.69) is 35.6 Å². The maximum atomic E-state index is 12.3. The van der Waals surface area contributed by atoms with Gasteiger partial charge in [-0.15, -0.1) is 0 Å². The molecule has 0 radical (unpaired) electrons. The van der Waals surface area contributed by atoms with Gasteiger partial charge in [-0.05, 0) is 58.7 Å². The number of amides is 1. The van der Waals surface area contributed by atoms with Crippen LogP contribution in [0.1, 0.15) is 57.8 Å². The monoisotopic (exact) mass is 437 g/mol. The van der Waals surface area contributed by atoms with Gasteiger partial charge in [0.15, 0.2) is 5.78 Å². The van der Waals surface area contributed by atoms with Crippen LogP contribution in [0.25, 0.3) is 17.2 Å². The first-order valence-corrected chi connectivity index (χ1v) is 11.6. The van der Waals surface area contributed by atoms with Crippen molar-refractivity contribution in [1.29, 1.82) is 0 Å². The molecule has 0 aliphatic heterocycles. The second kappa shape index (κ2) is 9.45. The van der Waals surface area contributed by atoms with E-state index >= 15 is 0 Å². The zero-order valence-electron chi connectivity index (χ0n) is 18.6. The average Bonchev–Trinajstić information content (AvgIpc) is 3.17. The van der Waals surface area contributed by atoms with Gasteiger partial charge in [0.2, 0.25) is 0 Å². The topological polar surface area (TPSA) is 55.4 Å². The van der Waals surface area contributed by atoms with E-state index in [-0.39, 0.29) is 11.7 Å². The van der Waals surface area contributed by atoms with Crippen LogP contribution in [-0.2, 0) is 11.2 Å². The summed E-state index contributed by atoms with van der Waals surface area (Å²) >= 11 is 0. The molecule has 0 unspecified atom stereocenters. The molecule has 4 heteroatoms. The van der Waals surface area contributed by atoms with Crippen LogP contribution < -0.4 is 5.32 Å². The number of carbonyl (C=O) groups excluding carboxylic acids is 2. The fourth-order valence-corrected chi connectivity index (χ4v) is 4.88. The quantitative estimate of drug-likeness (QED) is 0.471. The fourth-order valence-electron chi connectivity index (χ4n) is 4.88. The number of Topliss-reactive ketones (excluding diaryl/α,β-unsaturated/α-hetero) is 1. The molecular weight excluding hydrogens is 410 g/mol. The van der Waals surface area contributed by atoms with Crippen molar-refractivity contribution in [2.24, 2.45) is 0 Å². The molecule has 33 heavy (non-hydrogen) atoms. The Labute approximate surface area is 194 Å². The van der Waals surface area contributed by atoms with Crippen LogP contribution in [0.3, 0.4) is 0 Å². The third-order valence-electron chi connectivity index (χ3n) is 6.52. The Bertz CT molecular complexity index is 1180. The summed E-state index contributed by atoms with van der Waals surface area (Å²) in [6.07, 6.45) is 6.88. The Balaban J connectivity index is 1.11. The zero-order valence-corrected chi connectivity index (χ0v) is 18.6. The largest absolute Gasteiger partial charge is 0.449 e. The predicted molar refractivity (Wildman–Crippen MR) is 130 cm³/mol. The number of benzene rings is 3. The van der Waals surface area contributed by atoms with Crippen molar-refractivity contribution in [1.82, 2.24) is 5.32 Å². The van der Waals surface area contributed by atoms with Gasteiger partial charge < -0.3 is 10.1 Å². The molecule has 0 bridgehead atoms. The van der Waals surface area contributed by atoms with Gasteiger partial charge in [-0.3, -0.25) is 4.79 Å². The molecule has 2 aliphatic rings. The minimum atomic E-state index is -0.398. The molecule has 0 fully saturated rings. The molecule has 166 valence electrons. The van der Waals surface area contributed by atoms with Gasteiger partial charge in [0.25, 0.3) is 0 Å². The van der Waals surface area contributed by atoms with Crippen LogP contribution in [0.5, 0.6) is 0 Å². The van der Waals surface area contributed by atoms with Crippen molar-refractivity contribution >= 4 is 18.0 Å². The number of rotatable bonds is 6. The Morgan fingerprint density at radius 1 is 0.939 bits per heavy atom. The van der Waals surface area contributed by atoms with Gasteiger partial charge in [-0.2, -0.15) is 0 Å². The van der Waals surface area contributed by atoms with E-state index in [4.69, 9.17) is 4.74 Å². The van der Waals surface area contributed by atoms with Gasteiger partial charge in [0, 0.05) is 24.4 Å². The first-order chi connectivity index (χ1) is 16.2. The van der Waals surface area contributed by atoms with Crippen molar-refractivity contribution in [3.8, 4) is 11.1 Å². The lowest BCUT2D eigenvalue weighted by Crippen LogP contribution is -2.26. The van der Waals surface area contributed by atoms with E-state index in [0.717, 1.165) is 29.5 Å². The lowest BCUT2D eigenvalue weighted by molar-refractivity contribution is 0.0972. The highest BCUT2D eigenvalue weighted by Gasteiger charge is 2.28. The number of carbonyl (C=O) groups is 2. The zero-order chi connectivity index (χ0) is 22.6. The number of aryl methyl sites for hydroxylation is 1. The molecule has 0 aromatic heterocycles. The first kappa shape index (κ1) is 21.2. The second-order valence-corrected chi connectivity index (χ2v) is 8.64. The van der Waals surface area contributed by atoms with Gasteiger partial charge in [-0.1, -0.05) is 72.8 Å². The summed E-state index contributed by atoms with van der Waals surface area (Å²) in [5, 5.41) is 2.83. The summed E-state index contributed by atoms with van der Waals surface area (Å²) in [5.41, 5.74) is 7.88. The van der Waals surface area contributed by atoms with Crippen molar-refractivity contribution < 1.29 is 14.3 Å². The summed E-state index contributed by atoms with van der Waals surface area (Å²) in [6, 6.07) is 22.7. The minimum absolute atomic E-state index is 0.0646. The number of hydrogen-bond acceptors (Lipinski definition) is 3. The lowest BCUT2D eigenvalue weighted by atomic mass is 9.89. The van der Waals surface area contributed by atoms with Crippen LogP contribution >= 0.6 is 0 Å². The number of ether oxygens (including phenoxy) is 1. The number of alkyl carbamates (subject to hydrolysis) is 1. The van der Waals surface area contributed by atoms with Crippen LogP contribution in [0.4, 0.5) is 4.79 Å². The third-order valence-corrected chi connectivity index (χ3v) is 6.52. The van der Waals surface area contributed by atoms with Crippen molar-refractivity contribution in [2.75, 3.05) is 13.2 Å². The molecule has 3 aromatic rings. The van der Waals surface area contributed by atoms with E-state index in [1.54, 1.807) is 0 Å². The molecule has 5 rings (SSSR count). The molecule has 3 aromatic carbocycles. The van der Waals surface area contributed by atoms with E-state index in [1.165, 1.54) is 22.3 Å². The van der Waals surface area contributed by atoms with Gasteiger partial charge in [0.05, 0.1) is 0 Å². The highest BCUT2D eigenvalue weighted by Crippen LogP contribution is 2.44. The number of hydrogen-bond donors (Lipinski definition) is 1. The summed E-state index contributed by atoms with van der Waals surface area (Å²) in [7, 11) is 0. The third kappa shape index (κ3) is 4.47. The molecule has 2 aliphatic carbocycles. The van der Waals surface area contributed by atoms with Crippen LogP contribution in [0, 0.1) is 0 Å². The van der Waals surface area contributed by atoms with E-state index in [0.29, 0.717) is 26.0 Å². The summed E-state index contributed by atoms with van der Waals surface area (Å²) in [6.45, 7) is 0.815. The van der Waals surface area contributed by atoms with Crippen LogP contribution in [0.15, 0.2) is 72.8 Å². The maximum absolute atomic E-state index is 12.3. The second-order valence-electron chi connectivity index (χ2n) is 8.64. The summed E-state index contributed by atoms with van der Waals surface area (Å²) in [4.78, 5) is 24.4. The lowest BCUT2D eigenvalue weighted by Gasteiger charge is -2.14. The van der Waals surface area contributed by atoms with Gasteiger partial charge in [-0.25, -0.2) is 4.79 Å². The number of nitrogens with one attached hydrogen (secondary N) is 1. The van der Waals surface area contributed by atoms with Crippen molar-refractivity contribution in [3.63, 3.8) is 0 Å². The van der Waals surface area contributed by atoms with Gasteiger partial charge >= 0.3 is 6.09 Å². The highest BCUT2D eigenvalue weighted by molar-refractivity contribution is 5.99.